The Hall–Kier alpha value is -2.02. The summed E-state index contributed by atoms with van der Waals surface area (Å²) in [7, 11) is 1.89. The van der Waals surface area contributed by atoms with Crippen molar-refractivity contribution < 1.29 is 9.53 Å². The van der Waals surface area contributed by atoms with Crippen LogP contribution >= 0.6 is 11.8 Å². The van der Waals surface area contributed by atoms with Crippen LogP contribution in [-0.4, -0.2) is 32.5 Å². The van der Waals surface area contributed by atoms with Crippen molar-refractivity contribution in [2.45, 2.75) is 44.5 Å². The van der Waals surface area contributed by atoms with Gasteiger partial charge in [-0.1, -0.05) is 23.9 Å². The van der Waals surface area contributed by atoms with E-state index in [1.165, 1.54) is 17.3 Å². The van der Waals surface area contributed by atoms with Crippen molar-refractivity contribution in [1.82, 2.24) is 20.1 Å². The number of aryl methyl sites for hydroxylation is 1. The van der Waals surface area contributed by atoms with Gasteiger partial charge in [-0.2, -0.15) is 0 Å². The molecule has 1 aromatic heterocycles. The first-order valence-electron chi connectivity index (χ1n) is 8.04. The standard InChI is InChI=1S/C17H22N4O2S/c1-11-5-4-6-14(12(11)2)23-9-15-19-20-17(21(15)3)24-10-16(22)18-13-7-8-13/h4-6,13H,7-10H2,1-3H3,(H,18,22). The van der Waals surface area contributed by atoms with E-state index in [-0.39, 0.29) is 5.91 Å². The van der Waals surface area contributed by atoms with Crippen molar-refractivity contribution in [2.24, 2.45) is 7.05 Å². The minimum absolute atomic E-state index is 0.0543. The van der Waals surface area contributed by atoms with Gasteiger partial charge in [0.05, 0.1) is 5.75 Å². The van der Waals surface area contributed by atoms with Crippen molar-refractivity contribution >= 4 is 17.7 Å². The van der Waals surface area contributed by atoms with Crippen molar-refractivity contribution in [3.63, 3.8) is 0 Å². The second kappa shape index (κ2) is 7.25. The van der Waals surface area contributed by atoms with Crippen LogP contribution in [-0.2, 0) is 18.4 Å². The Balaban J connectivity index is 1.56. The molecule has 0 bridgehead atoms. The molecule has 6 nitrogen and oxygen atoms in total. The third-order valence-electron chi connectivity index (χ3n) is 4.11. The minimum Gasteiger partial charge on any atom is -0.485 e. The maximum absolute atomic E-state index is 11.8. The number of aromatic nitrogens is 3. The summed E-state index contributed by atoms with van der Waals surface area (Å²) < 4.78 is 7.75. The van der Waals surface area contributed by atoms with E-state index in [9.17, 15) is 4.79 Å². The van der Waals surface area contributed by atoms with E-state index in [0.29, 0.717) is 18.4 Å². The normalized spacial score (nSPS) is 13.8. The SMILES string of the molecule is Cc1cccc(OCc2nnc(SCC(=O)NC3CC3)n2C)c1C. The summed E-state index contributed by atoms with van der Waals surface area (Å²) in [6.45, 7) is 4.45. The summed E-state index contributed by atoms with van der Waals surface area (Å²) in [5.74, 6) is 2.01. The molecule has 1 amide bonds. The highest BCUT2D eigenvalue weighted by atomic mass is 32.2. The molecule has 0 radical (unpaired) electrons. The number of hydrogen-bond acceptors (Lipinski definition) is 5. The molecule has 24 heavy (non-hydrogen) atoms. The molecular weight excluding hydrogens is 324 g/mol. The Kier molecular flexibility index (Phi) is 5.08. The van der Waals surface area contributed by atoms with E-state index < -0.39 is 0 Å². The predicted molar refractivity (Wildman–Crippen MR) is 93.1 cm³/mol. The van der Waals surface area contributed by atoms with E-state index in [4.69, 9.17) is 4.74 Å². The molecule has 7 heteroatoms. The summed E-state index contributed by atoms with van der Waals surface area (Å²) in [6.07, 6.45) is 2.19. The number of benzene rings is 1. The number of carbonyl (C=O) groups excluding carboxylic acids is 1. The van der Waals surface area contributed by atoms with Gasteiger partial charge in [0.2, 0.25) is 5.91 Å². The average Bonchev–Trinajstić information content (AvgIpc) is 3.30. The van der Waals surface area contributed by atoms with Gasteiger partial charge in [0.25, 0.3) is 0 Å². The number of hydrogen-bond donors (Lipinski definition) is 1. The van der Waals surface area contributed by atoms with Gasteiger partial charge in [-0.25, -0.2) is 0 Å². The number of amides is 1. The Morgan fingerprint density at radius 3 is 2.92 bits per heavy atom. The monoisotopic (exact) mass is 346 g/mol. The molecule has 0 aliphatic heterocycles. The number of thioether (sulfide) groups is 1. The molecule has 1 saturated carbocycles. The van der Waals surface area contributed by atoms with Gasteiger partial charge in [-0.15, -0.1) is 10.2 Å². The highest BCUT2D eigenvalue weighted by Gasteiger charge is 2.23. The lowest BCUT2D eigenvalue weighted by atomic mass is 10.1. The second-order valence-electron chi connectivity index (χ2n) is 6.08. The van der Waals surface area contributed by atoms with E-state index >= 15 is 0 Å². The summed E-state index contributed by atoms with van der Waals surface area (Å²) in [4.78, 5) is 11.8. The number of rotatable bonds is 7. The number of ether oxygens (including phenoxy) is 1. The van der Waals surface area contributed by atoms with Gasteiger partial charge in [0, 0.05) is 13.1 Å². The molecule has 1 N–H and O–H groups in total. The molecule has 0 saturated heterocycles. The molecule has 1 heterocycles. The van der Waals surface area contributed by atoms with E-state index in [2.05, 4.69) is 28.5 Å². The first-order chi connectivity index (χ1) is 11.5. The minimum atomic E-state index is 0.0543. The Labute approximate surface area is 146 Å². The van der Waals surface area contributed by atoms with Crippen LogP contribution in [0.5, 0.6) is 5.75 Å². The predicted octanol–water partition coefficient (Wildman–Crippen LogP) is 2.38. The van der Waals surface area contributed by atoms with Gasteiger partial charge in [-0.05, 0) is 43.9 Å². The smallest absolute Gasteiger partial charge is 0.230 e. The Bertz CT molecular complexity index is 740. The van der Waals surface area contributed by atoms with Gasteiger partial charge in [0.15, 0.2) is 11.0 Å². The molecule has 0 spiro atoms. The molecule has 2 aromatic rings. The third-order valence-corrected chi connectivity index (χ3v) is 5.13. The number of nitrogens with zero attached hydrogens (tertiary/aromatic N) is 3. The lowest BCUT2D eigenvalue weighted by Crippen LogP contribution is -2.27. The molecule has 3 rings (SSSR count). The van der Waals surface area contributed by atoms with Crippen LogP contribution in [0.3, 0.4) is 0 Å². The third kappa shape index (κ3) is 4.08. The zero-order chi connectivity index (χ0) is 17.1. The Morgan fingerprint density at radius 2 is 2.17 bits per heavy atom. The summed E-state index contributed by atoms with van der Waals surface area (Å²) in [5, 5.41) is 12.0. The topological polar surface area (TPSA) is 69.0 Å². The van der Waals surface area contributed by atoms with Gasteiger partial charge >= 0.3 is 0 Å². The van der Waals surface area contributed by atoms with Crippen LogP contribution in [0.25, 0.3) is 0 Å². The van der Waals surface area contributed by atoms with Crippen LogP contribution in [0, 0.1) is 13.8 Å². The molecule has 0 unspecified atom stereocenters. The Morgan fingerprint density at radius 1 is 1.38 bits per heavy atom. The molecular formula is C17H22N4O2S. The van der Waals surface area contributed by atoms with Crippen LogP contribution in [0.4, 0.5) is 0 Å². The molecule has 1 aliphatic rings. The van der Waals surface area contributed by atoms with Gasteiger partial charge < -0.3 is 14.6 Å². The highest BCUT2D eigenvalue weighted by molar-refractivity contribution is 7.99. The first kappa shape index (κ1) is 16.8. The lowest BCUT2D eigenvalue weighted by molar-refractivity contribution is -0.118. The summed E-state index contributed by atoms with van der Waals surface area (Å²) >= 11 is 1.39. The fourth-order valence-corrected chi connectivity index (χ4v) is 2.99. The fourth-order valence-electron chi connectivity index (χ4n) is 2.25. The molecule has 0 atom stereocenters. The van der Waals surface area contributed by atoms with E-state index in [1.54, 1.807) is 0 Å². The van der Waals surface area contributed by atoms with Crippen molar-refractivity contribution in [3.8, 4) is 5.75 Å². The van der Waals surface area contributed by atoms with Gasteiger partial charge in [-0.3, -0.25) is 4.79 Å². The van der Waals surface area contributed by atoms with Gasteiger partial charge in [0.1, 0.15) is 12.4 Å². The number of carbonyl (C=O) groups is 1. The van der Waals surface area contributed by atoms with Crippen molar-refractivity contribution in [2.75, 3.05) is 5.75 Å². The number of nitrogens with one attached hydrogen (secondary N) is 1. The zero-order valence-corrected chi connectivity index (χ0v) is 15.0. The molecule has 1 aliphatic carbocycles. The maximum Gasteiger partial charge on any atom is 0.230 e. The molecule has 1 aromatic carbocycles. The fraction of sp³-hybridized carbons (Fsp3) is 0.471. The molecule has 1 fully saturated rings. The summed E-state index contributed by atoms with van der Waals surface area (Å²) in [5.41, 5.74) is 2.33. The van der Waals surface area contributed by atoms with E-state index in [1.807, 2.05) is 30.7 Å². The maximum atomic E-state index is 11.8. The van der Waals surface area contributed by atoms with Crippen molar-refractivity contribution in [3.05, 3.63) is 35.2 Å². The first-order valence-corrected chi connectivity index (χ1v) is 9.02. The second-order valence-corrected chi connectivity index (χ2v) is 7.02. The largest absolute Gasteiger partial charge is 0.485 e. The lowest BCUT2D eigenvalue weighted by Gasteiger charge is -2.10. The highest BCUT2D eigenvalue weighted by Crippen LogP contribution is 2.23. The quantitative estimate of drug-likeness (QED) is 0.780. The van der Waals surface area contributed by atoms with Crippen LogP contribution in [0.1, 0.15) is 29.8 Å². The van der Waals surface area contributed by atoms with Crippen LogP contribution in [0.15, 0.2) is 23.4 Å². The van der Waals surface area contributed by atoms with E-state index in [0.717, 1.165) is 35.1 Å². The summed E-state index contributed by atoms with van der Waals surface area (Å²) in [6, 6.07) is 6.38. The molecule has 128 valence electrons. The van der Waals surface area contributed by atoms with Crippen LogP contribution in [0.2, 0.25) is 0 Å². The average molecular weight is 346 g/mol. The zero-order valence-electron chi connectivity index (χ0n) is 14.2. The van der Waals surface area contributed by atoms with Crippen LogP contribution < -0.4 is 10.1 Å². The van der Waals surface area contributed by atoms with Crippen molar-refractivity contribution in [1.29, 1.82) is 0 Å².